The second-order valence-corrected chi connectivity index (χ2v) is 5.19. The molecule has 1 unspecified atom stereocenters. The maximum Gasteiger partial charge on any atom is 0.123 e. The first-order valence-electron chi connectivity index (χ1n) is 6.28. The van der Waals surface area contributed by atoms with E-state index < -0.39 is 0 Å². The number of hydrogen-bond donors (Lipinski definition) is 1. The zero-order valence-electron chi connectivity index (χ0n) is 10.7. The summed E-state index contributed by atoms with van der Waals surface area (Å²) in [5.41, 5.74) is 2.07. The molecule has 2 rings (SSSR count). The summed E-state index contributed by atoms with van der Waals surface area (Å²) in [6, 6.07) is 8.87. The predicted octanol–water partition coefficient (Wildman–Crippen LogP) is 3.88. The molecule has 0 spiro atoms. The summed E-state index contributed by atoms with van der Waals surface area (Å²) < 4.78 is 14.3. The maximum absolute atomic E-state index is 13.3. The number of likely N-dealkylation sites (N-methyl/N-ethyl adjacent to an activating group) is 1. The third-order valence-corrected chi connectivity index (χ3v) is 3.74. The lowest BCUT2D eigenvalue weighted by Crippen LogP contribution is -2.23. The molecule has 4 heteroatoms. The van der Waals surface area contributed by atoms with E-state index in [-0.39, 0.29) is 11.9 Å². The SMILES string of the molecule is CCNC(Cc1cc(F)ccc1Br)c1cccnc1. The van der Waals surface area contributed by atoms with Gasteiger partial charge in [-0.25, -0.2) is 4.39 Å². The largest absolute Gasteiger partial charge is 0.310 e. The van der Waals surface area contributed by atoms with Crippen molar-refractivity contribution in [3.8, 4) is 0 Å². The third-order valence-electron chi connectivity index (χ3n) is 2.97. The quantitative estimate of drug-likeness (QED) is 0.903. The molecule has 100 valence electrons. The van der Waals surface area contributed by atoms with Gasteiger partial charge in [0.1, 0.15) is 5.82 Å². The summed E-state index contributed by atoms with van der Waals surface area (Å²) in [7, 11) is 0. The lowest BCUT2D eigenvalue weighted by molar-refractivity contribution is 0.544. The van der Waals surface area contributed by atoms with Gasteiger partial charge in [-0.15, -0.1) is 0 Å². The minimum atomic E-state index is -0.209. The van der Waals surface area contributed by atoms with Crippen LogP contribution >= 0.6 is 15.9 Å². The van der Waals surface area contributed by atoms with Crippen LogP contribution in [-0.4, -0.2) is 11.5 Å². The zero-order chi connectivity index (χ0) is 13.7. The minimum Gasteiger partial charge on any atom is -0.310 e. The van der Waals surface area contributed by atoms with Crippen molar-refractivity contribution in [2.75, 3.05) is 6.54 Å². The average molecular weight is 323 g/mol. The van der Waals surface area contributed by atoms with Crippen LogP contribution in [0.15, 0.2) is 47.2 Å². The molecule has 0 bridgehead atoms. The van der Waals surface area contributed by atoms with Crippen molar-refractivity contribution >= 4 is 15.9 Å². The van der Waals surface area contributed by atoms with E-state index in [1.165, 1.54) is 6.07 Å². The van der Waals surface area contributed by atoms with Crippen LogP contribution in [0.3, 0.4) is 0 Å². The van der Waals surface area contributed by atoms with Gasteiger partial charge >= 0.3 is 0 Å². The topological polar surface area (TPSA) is 24.9 Å². The fourth-order valence-corrected chi connectivity index (χ4v) is 2.46. The van der Waals surface area contributed by atoms with E-state index in [0.717, 1.165) is 28.6 Å². The standard InChI is InChI=1S/C15H16BrFN2/c1-2-19-15(11-4-3-7-18-10-11)9-12-8-13(17)5-6-14(12)16/h3-8,10,15,19H,2,9H2,1H3. The third kappa shape index (κ3) is 3.85. The van der Waals surface area contributed by atoms with Gasteiger partial charge in [0, 0.05) is 22.9 Å². The Balaban J connectivity index is 2.24. The van der Waals surface area contributed by atoms with E-state index in [4.69, 9.17) is 0 Å². The van der Waals surface area contributed by atoms with E-state index in [1.807, 2.05) is 18.3 Å². The van der Waals surface area contributed by atoms with E-state index in [2.05, 4.69) is 33.2 Å². The van der Waals surface area contributed by atoms with Crippen molar-refractivity contribution in [3.63, 3.8) is 0 Å². The van der Waals surface area contributed by atoms with Crippen LogP contribution < -0.4 is 5.32 Å². The molecule has 0 aliphatic carbocycles. The van der Waals surface area contributed by atoms with Crippen LogP contribution in [-0.2, 0) is 6.42 Å². The Kier molecular flexibility index (Phi) is 5.05. The van der Waals surface area contributed by atoms with Gasteiger partial charge < -0.3 is 5.32 Å². The highest BCUT2D eigenvalue weighted by Crippen LogP contribution is 2.24. The molecule has 1 N–H and O–H groups in total. The molecule has 1 aromatic carbocycles. The molecular weight excluding hydrogens is 307 g/mol. The smallest absolute Gasteiger partial charge is 0.123 e. The average Bonchev–Trinajstić information content (AvgIpc) is 2.43. The normalized spacial score (nSPS) is 12.4. The summed E-state index contributed by atoms with van der Waals surface area (Å²) in [6.07, 6.45) is 4.32. The molecule has 0 amide bonds. The summed E-state index contributed by atoms with van der Waals surface area (Å²) in [5, 5.41) is 3.41. The first-order chi connectivity index (χ1) is 9.20. The number of pyridine rings is 1. The van der Waals surface area contributed by atoms with Crippen LogP contribution in [0.2, 0.25) is 0 Å². The fourth-order valence-electron chi connectivity index (χ4n) is 2.06. The molecule has 0 saturated heterocycles. The second-order valence-electron chi connectivity index (χ2n) is 4.34. The van der Waals surface area contributed by atoms with Crippen molar-refractivity contribution in [1.82, 2.24) is 10.3 Å². The molecule has 1 atom stereocenters. The minimum absolute atomic E-state index is 0.136. The molecule has 2 aromatic rings. The molecule has 0 aliphatic rings. The number of rotatable bonds is 5. The van der Waals surface area contributed by atoms with Crippen molar-refractivity contribution in [3.05, 3.63) is 64.1 Å². The molecule has 0 aliphatic heterocycles. The van der Waals surface area contributed by atoms with Gasteiger partial charge in [-0.3, -0.25) is 4.98 Å². The zero-order valence-corrected chi connectivity index (χ0v) is 12.3. The molecule has 0 fully saturated rings. The van der Waals surface area contributed by atoms with Crippen molar-refractivity contribution in [2.24, 2.45) is 0 Å². The van der Waals surface area contributed by atoms with Gasteiger partial charge in [-0.05, 0) is 48.4 Å². The van der Waals surface area contributed by atoms with Crippen LogP contribution in [0.1, 0.15) is 24.1 Å². The molecular formula is C15H16BrFN2. The summed E-state index contributed by atoms with van der Waals surface area (Å²) in [6.45, 7) is 2.91. The van der Waals surface area contributed by atoms with Crippen molar-refractivity contribution < 1.29 is 4.39 Å². The first kappa shape index (κ1) is 14.2. The van der Waals surface area contributed by atoms with Gasteiger partial charge in [0.15, 0.2) is 0 Å². The maximum atomic E-state index is 13.3. The molecule has 2 nitrogen and oxygen atoms in total. The van der Waals surface area contributed by atoms with Crippen LogP contribution in [0, 0.1) is 5.82 Å². The Morgan fingerprint density at radius 1 is 1.37 bits per heavy atom. The van der Waals surface area contributed by atoms with E-state index in [0.29, 0.717) is 0 Å². The Hall–Kier alpha value is -1.26. The van der Waals surface area contributed by atoms with Gasteiger partial charge in [0.25, 0.3) is 0 Å². The van der Waals surface area contributed by atoms with Gasteiger partial charge in [-0.1, -0.05) is 28.9 Å². The van der Waals surface area contributed by atoms with Crippen molar-refractivity contribution in [2.45, 2.75) is 19.4 Å². The monoisotopic (exact) mass is 322 g/mol. The molecule has 19 heavy (non-hydrogen) atoms. The lowest BCUT2D eigenvalue weighted by Gasteiger charge is -2.19. The number of aromatic nitrogens is 1. The Labute approximate surface area is 121 Å². The van der Waals surface area contributed by atoms with Crippen LogP contribution in [0.25, 0.3) is 0 Å². The van der Waals surface area contributed by atoms with Crippen LogP contribution in [0.4, 0.5) is 4.39 Å². The summed E-state index contributed by atoms with van der Waals surface area (Å²) in [5.74, 6) is -0.209. The number of benzene rings is 1. The molecule has 1 aromatic heterocycles. The highest BCUT2D eigenvalue weighted by Gasteiger charge is 2.13. The summed E-state index contributed by atoms with van der Waals surface area (Å²) in [4.78, 5) is 4.14. The number of halogens is 2. The Morgan fingerprint density at radius 3 is 2.89 bits per heavy atom. The van der Waals surface area contributed by atoms with E-state index in [1.54, 1.807) is 18.3 Å². The van der Waals surface area contributed by atoms with Gasteiger partial charge in [-0.2, -0.15) is 0 Å². The highest BCUT2D eigenvalue weighted by molar-refractivity contribution is 9.10. The predicted molar refractivity (Wildman–Crippen MR) is 78.5 cm³/mol. The molecule has 1 heterocycles. The number of nitrogens with one attached hydrogen (secondary N) is 1. The highest BCUT2D eigenvalue weighted by atomic mass is 79.9. The summed E-state index contributed by atoms with van der Waals surface area (Å²) >= 11 is 3.47. The van der Waals surface area contributed by atoms with Gasteiger partial charge in [0.05, 0.1) is 0 Å². The van der Waals surface area contributed by atoms with E-state index >= 15 is 0 Å². The van der Waals surface area contributed by atoms with Crippen LogP contribution in [0.5, 0.6) is 0 Å². The fraction of sp³-hybridized carbons (Fsp3) is 0.267. The first-order valence-corrected chi connectivity index (χ1v) is 7.07. The molecule has 0 radical (unpaired) electrons. The lowest BCUT2D eigenvalue weighted by atomic mass is 10.00. The van der Waals surface area contributed by atoms with Crippen molar-refractivity contribution in [1.29, 1.82) is 0 Å². The molecule has 0 saturated carbocycles. The second kappa shape index (κ2) is 6.78. The Bertz CT molecular complexity index is 531. The Morgan fingerprint density at radius 2 is 2.21 bits per heavy atom. The van der Waals surface area contributed by atoms with E-state index in [9.17, 15) is 4.39 Å². The number of nitrogens with zero attached hydrogens (tertiary/aromatic N) is 1. The number of hydrogen-bond acceptors (Lipinski definition) is 2. The van der Waals surface area contributed by atoms with Gasteiger partial charge in [0.2, 0.25) is 0 Å².